The standard InChI is InChI=1S/C13H15ClN2O2/c1-8-11(9(2)18-16-8)6-15-13-5-10(7-17)3-4-12(13)14/h3-5,15,17H,6-7H2,1-2H3. The van der Waals surface area contributed by atoms with Crippen LogP contribution in [0.2, 0.25) is 5.02 Å². The Morgan fingerprint density at radius 2 is 2.17 bits per heavy atom. The second-order valence-corrected chi connectivity index (χ2v) is 4.54. The van der Waals surface area contributed by atoms with Crippen LogP contribution in [-0.2, 0) is 13.2 Å². The number of benzene rings is 1. The van der Waals surface area contributed by atoms with Gasteiger partial charge in [-0.3, -0.25) is 0 Å². The molecule has 0 bridgehead atoms. The van der Waals surface area contributed by atoms with Crippen molar-refractivity contribution in [3.8, 4) is 0 Å². The number of hydrogen-bond acceptors (Lipinski definition) is 4. The van der Waals surface area contributed by atoms with Crippen molar-refractivity contribution >= 4 is 17.3 Å². The second kappa shape index (κ2) is 5.42. The minimum atomic E-state index is -0.00281. The predicted molar refractivity (Wildman–Crippen MR) is 70.7 cm³/mol. The predicted octanol–water partition coefficient (Wildman–Crippen LogP) is 3.05. The number of aliphatic hydroxyl groups is 1. The van der Waals surface area contributed by atoms with Gasteiger partial charge in [0.2, 0.25) is 0 Å². The van der Waals surface area contributed by atoms with Crippen LogP contribution in [0, 0.1) is 13.8 Å². The first kappa shape index (κ1) is 12.9. The SMILES string of the molecule is Cc1noc(C)c1CNc1cc(CO)ccc1Cl. The summed E-state index contributed by atoms with van der Waals surface area (Å²) in [5, 5.41) is 16.8. The van der Waals surface area contributed by atoms with Crippen LogP contribution in [0.15, 0.2) is 22.7 Å². The molecular weight excluding hydrogens is 252 g/mol. The third-order valence-corrected chi connectivity index (χ3v) is 3.18. The van der Waals surface area contributed by atoms with Crippen LogP contribution in [0.4, 0.5) is 5.69 Å². The Morgan fingerprint density at radius 1 is 1.39 bits per heavy atom. The molecule has 2 aromatic rings. The van der Waals surface area contributed by atoms with Crippen molar-refractivity contribution in [1.29, 1.82) is 0 Å². The molecule has 0 radical (unpaired) electrons. The van der Waals surface area contributed by atoms with E-state index in [4.69, 9.17) is 21.2 Å². The van der Waals surface area contributed by atoms with Crippen molar-refractivity contribution in [3.05, 3.63) is 45.8 Å². The third kappa shape index (κ3) is 2.66. The molecule has 5 heteroatoms. The minimum Gasteiger partial charge on any atom is -0.392 e. The van der Waals surface area contributed by atoms with Gasteiger partial charge in [-0.25, -0.2) is 0 Å². The highest BCUT2D eigenvalue weighted by Crippen LogP contribution is 2.24. The van der Waals surface area contributed by atoms with Gasteiger partial charge in [-0.1, -0.05) is 22.8 Å². The highest BCUT2D eigenvalue weighted by molar-refractivity contribution is 6.33. The Labute approximate surface area is 111 Å². The van der Waals surface area contributed by atoms with E-state index < -0.39 is 0 Å². The number of rotatable bonds is 4. The van der Waals surface area contributed by atoms with Crippen LogP contribution in [0.3, 0.4) is 0 Å². The molecule has 18 heavy (non-hydrogen) atoms. The van der Waals surface area contributed by atoms with Gasteiger partial charge in [0, 0.05) is 12.1 Å². The lowest BCUT2D eigenvalue weighted by Crippen LogP contribution is -2.02. The molecule has 0 unspecified atom stereocenters. The summed E-state index contributed by atoms with van der Waals surface area (Å²) in [6.07, 6.45) is 0. The van der Waals surface area contributed by atoms with Crippen LogP contribution < -0.4 is 5.32 Å². The first-order valence-corrected chi connectivity index (χ1v) is 6.04. The summed E-state index contributed by atoms with van der Waals surface area (Å²) >= 11 is 6.09. The average molecular weight is 267 g/mol. The minimum absolute atomic E-state index is 0.00281. The zero-order valence-electron chi connectivity index (χ0n) is 10.3. The van der Waals surface area contributed by atoms with Gasteiger partial charge >= 0.3 is 0 Å². The first-order valence-electron chi connectivity index (χ1n) is 5.66. The van der Waals surface area contributed by atoms with Gasteiger partial charge in [0.25, 0.3) is 0 Å². The number of nitrogens with zero attached hydrogens (tertiary/aromatic N) is 1. The van der Waals surface area contributed by atoms with E-state index >= 15 is 0 Å². The molecule has 2 rings (SSSR count). The van der Waals surface area contributed by atoms with E-state index in [1.54, 1.807) is 12.1 Å². The number of halogens is 1. The first-order chi connectivity index (χ1) is 8.61. The van der Waals surface area contributed by atoms with Gasteiger partial charge < -0.3 is 14.9 Å². The van der Waals surface area contributed by atoms with Gasteiger partial charge in [0.05, 0.1) is 23.0 Å². The summed E-state index contributed by atoms with van der Waals surface area (Å²) < 4.78 is 5.10. The topological polar surface area (TPSA) is 58.3 Å². The molecule has 0 aliphatic carbocycles. The number of aromatic nitrogens is 1. The molecule has 96 valence electrons. The summed E-state index contributed by atoms with van der Waals surface area (Å²) in [6.45, 7) is 4.37. The Kier molecular flexibility index (Phi) is 3.89. The maximum absolute atomic E-state index is 9.10. The quantitative estimate of drug-likeness (QED) is 0.893. The third-order valence-electron chi connectivity index (χ3n) is 2.85. The number of aliphatic hydroxyl groups excluding tert-OH is 1. The van der Waals surface area contributed by atoms with E-state index in [9.17, 15) is 0 Å². The Morgan fingerprint density at radius 3 is 2.78 bits per heavy atom. The summed E-state index contributed by atoms with van der Waals surface area (Å²) in [6, 6.07) is 5.40. The number of nitrogens with one attached hydrogen (secondary N) is 1. The fourth-order valence-corrected chi connectivity index (χ4v) is 1.93. The van der Waals surface area contributed by atoms with Crippen molar-refractivity contribution < 1.29 is 9.63 Å². The van der Waals surface area contributed by atoms with E-state index in [0.29, 0.717) is 11.6 Å². The lowest BCUT2D eigenvalue weighted by molar-refractivity contribution is 0.282. The maximum Gasteiger partial charge on any atom is 0.138 e. The molecule has 0 atom stereocenters. The molecule has 1 aromatic carbocycles. The fourth-order valence-electron chi connectivity index (χ4n) is 1.74. The Balaban J connectivity index is 2.15. The molecule has 0 aliphatic rings. The largest absolute Gasteiger partial charge is 0.392 e. The van der Waals surface area contributed by atoms with Gasteiger partial charge in [-0.05, 0) is 31.5 Å². The van der Waals surface area contributed by atoms with Gasteiger partial charge in [0.15, 0.2) is 0 Å². The van der Waals surface area contributed by atoms with Crippen molar-refractivity contribution in [2.45, 2.75) is 27.0 Å². The summed E-state index contributed by atoms with van der Waals surface area (Å²) in [5.41, 5.74) is 3.51. The number of aryl methyl sites for hydroxylation is 2. The van der Waals surface area contributed by atoms with Gasteiger partial charge in [-0.15, -0.1) is 0 Å². The molecule has 0 saturated carbocycles. The second-order valence-electron chi connectivity index (χ2n) is 4.13. The molecule has 4 nitrogen and oxygen atoms in total. The summed E-state index contributed by atoms with van der Waals surface area (Å²) in [4.78, 5) is 0. The van der Waals surface area contributed by atoms with E-state index in [1.165, 1.54) is 0 Å². The molecule has 2 N–H and O–H groups in total. The van der Waals surface area contributed by atoms with E-state index in [0.717, 1.165) is 28.3 Å². The zero-order chi connectivity index (χ0) is 13.1. The van der Waals surface area contributed by atoms with Crippen molar-refractivity contribution in [1.82, 2.24) is 5.16 Å². The molecule has 0 amide bonds. The smallest absolute Gasteiger partial charge is 0.138 e. The van der Waals surface area contributed by atoms with Crippen molar-refractivity contribution in [2.75, 3.05) is 5.32 Å². The lowest BCUT2D eigenvalue weighted by Gasteiger charge is -2.09. The van der Waals surface area contributed by atoms with Crippen molar-refractivity contribution in [2.24, 2.45) is 0 Å². The molecular formula is C13H15ClN2O2. The molecule has 0 fully saturated rings. The molecule has 0 aliphatic heterocycles. The maximum atomic E-state index is 9.10. The van der Waals surface area contributed by atoms with Gasteiger partial charge in [-0.2, -0.15) is 0 Å². The Bertz CT molecular complexity index is 532. The van der Waals surface area contributed by atoms with E-state index in [-0.39, 0.29) is 6.61 Å². The van der Waals surface area contributed by atoms with Crippen molar-refractivity contribution in [3.63, 3.8) is 0 Å². The summed E-state index contributed by atoms with van der Waals surface area (Å²) in [5.74, 6) is 0.800. The van der Waals surface area contributed by atoms with Gasteiger partial charge in [0.1, 0.15) is 5.76 Å². The Hall–Kier alpha value is -1.52. The zero-order valence-corrected chi connectivity index (χ0v) is 11.1. The molecule has 1 heterocycles. The van der Waals surface area contributed by atoms with Crippen LogP contribution in [-0.4, -0.2) is 10.3 Å². The van der Waals surface area contributed by atoms with Crippen LogP contribution in [0.1, 0.15) is 22.6 Å². The molecule has 0 spiro atoms. The van der Waals surface area contributed by atoms with Crippen LogP contribution in [0.5, 0.6) is 0 Å². The highest BCUT2D eigenvalue weighted by Gasteiger charge is 2.09. The monoisotopic (exact) mass is 266 g/mol. The van der Waals surface area contributed by atoms with E-state index in [1.807, 2.05) is 19.9 Å². The van der Waals surface area contributed by atoms with Crippen LogP contribution >= 0.6 is 11.6 Å². The normalized spacial score (nSPS) is 10.7. The highest BCUT2D eigenvalue weighted by atomic mass is 35.5. The number of hydrogen-bond donors (Lipinski definition) is 2. The number of anilines is 1. The molecule has 1 aromatic heterocycles. The molecule has 0 saturated heterocycles. The van der Waals surface area contributed by atoms with E-state index in [2.05, 4.69) is 10.5 Å². The lowest BCUT2D eigenvalue weighted by atomic mass is 10.2. The van der Waals surface area contributed by atoms with Crippen LogP contribution in [0.25, 0.3) is 0 Å². The fraction of sp³-hybridized carbons (Fsp3) is 0.308. The average Bonchev–Trinajstić information content (AvgIpc) is 2.68. The summed E-state index contributed by atoms with van der Waals surface area (Å²) in [7, 11) is 0.